The molecule has 1 heterocycles. The molecule has 1 unspecified atom stereocenters. The highest BCUT2D eigenvalue weighted by molar-refractivity contribution is 7.99. The van der Waals surface area contributed by atoms with Gasteiger partial charge in [-0.25, -0.2) is 0 Å². The molecule has 1 aromatic carbocycles. The van der Waals surface area contributed by atoms with Gasteiger partial charge in [-0.3, -0.25) is 0 Å². The number of ether oxygens (including phenoxy) is 1. The number of rotatable bonds is 1. The van der Waals surface area contributed by atoms with Gasteiger partial charge in [-0.2, -0.15) is 13.2 Å². The summed E-state index contributed by atoms with van der Waals surface area (Å²) in [6.45, 7) is 1.30. The fourth-order valence-corrected chi connectivity index (χ4v) is 2.61. The van der Waals surface area contributed by atoms with E-state index in [1.165, 1.54) is 12.1 Å². The minimum absolute atomic E-state index is 0.163. The van der Waals surface area contributed by atoms with Crippen LogP contribution in [0.1, 0.15) is 16.4 Å². The Morgan fingerprint density at radius 2 is 1.88 bits per heavy atom. The molecule has 1 saturated heterocycles. The molecule has 1 fully saturated rings. The Hall–Kier alpha value is -0.680. The van der Waals surface area contributed by atoms with Crippen molar-refractivity contribution in [3.8, 4) is 0 Å². The van der Waals surface area contributed by atoms with Crippen LogP contribution in [0, 0.1) is 0 Å². The number of hydrogen-bond acceptors (Lipinski definition) is 2. The second-order valence-electron chi connectivity index (χ2n) is 3.55. The van der Waals surface area contributed by atoms with Gasteiger partial charge >= 0.3 is 6.18 Å². The Labute approximate surface area is 96.0 Å². The van der Waals surface area contributed by atoms with E-state index < -0.39 is 11.7 Å². The first-order chi connectivity index (χ1) is 7.57. The van der Waals surface area contributed by atoms with Crippen LogP contribution in [0.3, 0.4) is 0 Å². The van der Waals surface area contributed by atoms with Gasteiger partial charge < -0.3 is 4.74 Å². The lowest BCUT2D eigenvalue weighted by Crippen LogP contribution is -2.14. The Morgan fingerprint density at radius 1 is 1.19 bits per heavy atom. The predicted molar refractivity (Wildman–Crippen MR) is 57.5 cm³/mol. The van der Waals surface area contributed by atoms with E-state index in [4.69, 9.17) is 4.74 Å². The van der Waals surface area contributed by atoms with Gasteiger partial charge in [0.15, 0.2) is 0 Å². The molecule has 1 aromatic rings. The molecule has 0 radical (unpaired) electrons. The molecule has 16 heavy (non-hydrogen) atoms. The number of thioether (sulfide) groups is 1. The summed E-state index contributed by atoms with van der Waals surface area (Å²) in [4.78, 5) is 0. The topological polar surface area (TPSA) is 9.23 Å². The highest BCUT2D eigenvalue weighted by atomic mass is 32.2. The average molecular weight is 248 g/mol. The molecular weight excluding hydrogens is 237 g/mol. The van der Waals surface area contributed by atoms with E-state index >= 15 is 0 Å². The molecule has 5 heteroatoms. The van der Waals surface area contributed by atoms with Gasteiger partial charge in [0.1, 0.15) is 0 Å². The zero-order chi connectivity index (χ0) is 11.6. The van der Waals surface area contributed by atoms with Crippen molar-refractivity contribution in [1.82, 2.24) is 0 Å². The normalized spacial score (nSPS) is 22.1. The Balaban J connectivity index is 2.12. The lowest BCUT2D eigenvalue weighted by Gasteiger charge is -2.22. The van der Waals surface area contributed by atoms with Crippen LogP contribution in [0.15, 0.2) is 24.3 Å². The first-order valence-electron chi connectivity index (χ1n) is 4.94. The number of alkyl halides is 3. The van der Waals surface area contributed by atoms with E-state index in [2.05, 4.69) is 0 Å². The number of hydrogen-bond donors (Lipinski definition) is 0. The average Bonchev–Trinajstić information content (AvgIpc) is 2.29. The van der Waals surface area contributed by atoms with Gasteiger partial charge in [-0.1, -0.05) is 12.1 Å². The smallest absolute Gasteiger partial charge is 0.379 e. The largest absolute Gasteiger partial charge is 0.416 e. The summed E-state index contributed by atoms with van der Waals surface area (Å²) in [6.07, 6.45) is -4.26. The highest BCUT2D eigenvalue weighted by Gasteiger charge is 2.30. The zero-order valence-electron chi connectivity index (χ0n) is 8.46. The van der Waals surface area contributed by atoms with Crippen molar-refractivity contribution < 1.29 is 17.9 Å². The summed E-state index contributed by atoms with van der Waals surface area (Å²) in [5, 5.41) is 0.163. The molecule has 0 aromatic heterocycles. The maximum Gasteiger partial charge on any atom is 0.416 e. The van der Waals surface area contributed by atoms with Crippen LogP contribution >= 0.6 is 11.8 Å². The predicted octanol–water partition coefficient (Wildman–Crippen LogP) is 3.51. The van der Waals surface area contributed by atoms with E-state index in [1.807, 2.05) is 0 Å². The summed E-state index contributed by atoms with van der Waals surface area (Å²) < 4.78 is 42.3. The molecule has 88 valence electrons. The van der Waals surface area contributed by atoms with Gasteiger partial charge in [0.2, 0.25) is 0 Å². The van der Waals surface area contributed by atoms with Gasteiger partial charge in [0, 0.05) is 5.75 Å². The van der Waals surface area contributed by atoms with Crippen molar-refractivity contribution in [2.75, 3.05) is 19.0 Å². The van der Waals surface area contributed by atoms with Gasteiger partial charge in [0.05, 0.1) is 24.0 Å². The van der Waals surface area contributed by atoms with Crippen LogP contribution in [0.25, 0.3) is 0 Å². The monoisotopic (exact) mass is 248 g/mol. The summed E-state index contributed by atoms with van der Waals surface area (Å²) >= 11 is 1.72. The van der Waals surface area contributed by atoms with Crippen LogP contribution in [-0.4, -0.2) is 19.0 Å². The van der Waals surface area contributed by atoms with Gasteiger partial charge in [-0.05, 0) is 17.7 Å². The lowest BCUT2D eigenvalue weighted by atomic mass is 10.1. The maximum atomic E-state index is 12.3. The summed E-state index contributed by atoms with van der Waals surface area (Å²) in [5.74, 6) is 0.895. The van der Waals surface area contributed by atoms with E-state index in [1.54, 1.807) is 11.8 Å². The molecule has 0 amide bonds. The van der Waals surface area contributed by atoms with E-state index in [0.29, 0.717) is 6.61 Å². The third-order valence-corrected chi connectivity index (χ3v) is 3.64. The van der Waals surface area contributed by atoms with Gasteiger partial charge in [-0.15, -0.1) is 11.8 Å². The van der Waals surface area contributed by atoms with E-state index in [-0.39, 0.29) is 5.25 Å². The van der Waals surface area contributed by atoms with Crippen molar-refractivity contribution in [2.45, 2.75) is 11.4 Å². The summed E-state index contributed by atoms with van der Waals surface area (Å²) in [6, 6.07) is 5.33. The second-order valence-corrected chi connectivity index (χ2v) is 4.86. The van der Waals surface area contributed by atoms with Crippen molar-refractivity contribution in [2.24, 2.45) is 0 Å². The van der Waals surface area contributed by atoms with Crippen molar-refractivity contribution in [1.29, 1.82) is 0 Å². The quantitative estimate of drug-likeness (QED) is 0.752. The number of benzene rings is 1. The Bertz CT molecular complexity index is 341. The summed E-state index contributed by atoms with van der Waals surface area (Å²) in [5.41, 5.74) is 0.302. The minimum Gasteiger partial charge on any atom is -0.379 e. The molecule has 0 spiro atoms. The van der Waals surface area contributed by atoms with E-state index in [9.17, 15) is 13.2 Å². The molecule has 0 N–H and O–H groups in total. The summed E-state index contributed by atoms with van der Waals surface area (Å²) in [7, 11) is 0. The third-order valence-electron chi connectivity index (χ3n) is 2.43. The zero-order valence-corrected chi connectivity index (χ0v) is 9.27. The molecule has 1 atom stereocenters. The van der Waals surface area contributed by atoms with Crippen molar-refractivity contribution >= 4 is 11.8 Å². The fourth-order valence-electron chi connectivity index (χ4n) is 1.57. The SMILES string of the molecule is FC(F)(F)c1ccc(C2COCCS2)cc1. The number of halogens is 3. The lowest BCUT2D eigenvalue weighted by molar-refractivity contribution is -0.137. The minimum atomic E-state index is -4.26. The first kappa shape index (κ1) is 11.8. The molecule has 1 aliphatic heterocycles. The van der Waals surface area contributed by atoms with E-state index in [0.717, 1.165) is 30.1 Å². The van der Waals surface area contributed by atoms with Crippen LogP contribution in [-0.2, 0) is 10.9 Å². The molecule has 0 saturated carbocycles. The van der Waals surface area contributed by atoms with Gasteiger partial charge in [0.25, 0.3) is 0 Å². The maximum absolute atomic E-state index is 12.3. The molecule has 1 aliphatic rings. The highest BCUT2D eigenvalue weighted by Crippen LogP contribution is 2.34. The molecule has 0 bridgehead atoms. The van der Waals surface area contributed by atoms with Crippen LogP contribution in [0.2, 0.25) is 0 Å². The molecular formula is C11H11F3OS. The van der Waals surface area contributed by atoms with Crippen molar-refractivity contribution in [3.05, 3.63) is 35.4 Å². The first-order valence-corrected chi connectivity index (χ1v) is 5.99. The van der Waals surface area contributed by atoms with Crippen molar-refractivity contribution in [3.63, 3.8) is 0 Å². The molecule has 2 rings (SSSR count). The fraction of sp³-hybridized carbons (Fsp3) is 0.455. The Morgan fingerprint density at radius 3 is 2.38 bits per heavy atom. The van der Waals surface area contributed by atoms with Crippen LogP contribution < -0.4 is 0 Å². The third kappa shape index (κ3) is 2.71. The standard InChI is InChI=1S/C11H11F3OS/c12-11(13,14)9-3-1-8(2-4-9)10-7-15-5-6-16-10/h1-4,10H,5-7H2. The Kier molecular flexibility index (Phi) is 3.44. The second kappa shape index (κ2) is 4.67. The van der Waals surface area contributed by atoms with Crippen LogP contribution in [0.4, 0.5) is 13.2 Å². The van der Waals surface area contributed by atoms with Crippen LogP contribution in [0.5, 0.6) is 0 Å². The molecule has 1 nitrogen and oxygen atoms in total. The molecule has 0 aliphatic carbocycles.